The van der Waals surface area contributed by atoms with Crippen molar-refractivity contribution in [2.45, 2.75) is 0 Å². The van der Waals surface area contributed by atoms with Gasteiger partial charge in [-0.15, -0.1) is 0 Å². The van der Waals surface area contributed by atoms with Crippen molar-refractivity contribution in [3.63, 3.8) is 0 Å². The number of hydrogen-bond donors (Lipinski definition) is 2. The molecular weight excluding hydrogens is 394 g/mol. The third-order valence-corrected chi connectivity index (χ3v) is 4.39. The molecule has 2 aromatic rings. The summed E-state index contributed by atoms with van der Waals surface area (Å²) in [6.07, 6.45) is 0. The highest BCUT2D eigenvalue weighted by molar-refractivity contribution is 7.81. The van der Waals surface area contributed by atoms with Crippen LogP contribution in [0.2, 0.25) is 10.0 Å². The number of carbonyl (C=O) groups is 1. The molecule has 2 rings (SSSR count). The van der Waals surface area contributed by atoms with Crippen molar-refractivity contribution in [1.29, 1.82) is 0 Å². The van der Waals surface area contributed by atoms with Crippen LogP contribution in [0.1, 0.15) is 10.4 Å². The number of anilines is 2. The number of halogens is 5. The average molecular weight is 400 g/mol. The summed E-state index contributed by atoms with van der Waals surface area (Å²) in [6.45, 7) is 0. The lowest BCUT2D eigenvalue weighted by molar-refractivity contribution is 0.0685. The number of aromatic carboxylic acids is 1. The molecule has 2 N–H and O–H groups in total. The van der Waals surface area contributed by atoms with Crippen LogP contribution in [0, 0.1) is 17.5 Å². The van der Waals surface area contributed by atoms with Crippen molar-refractivity contribution in [2.75, 3.05) is 4.31 Å². The average Bonchev–Trinajstić information content (AvgIpc) is 2.48. The van der Waals surface area contributed by atoms with Crippen molar-refractivity contribution in [3.05, 3.63) is 57.3 Å². The molecule has 0 radical (unpaired) electrons. The molecular formula is C13H6Cl2F3NO4S. The van der Waals surface area contributed by atoms with Crippen molar-refractivity contribution in [1.82, 2.24) is 0 Å². The van der Waals surface area contributed by atoms with Gasteiger partial charge < -0.3 is 5.11 Å². The highest BCUT2D eigenvalue weighted by atomic mass is 35.5. The number of nitrogens with zero attached hydrogens (tertiary/aromatic N) is 1. The first-order valence-electron chi connectivity index (χ1n) is 5.92. The lowest BCUT2D eigenvalue weighted by Crippen LogP contribution is -2.23. The highest BCUT2D eigenvalue weighted by Crippen LogP contribution is 2.39. The van der Waals surface area contributed by atoms with Crippen molar-refractivity contribution in [2.24, 2.45) is 0 Å². The summed E-state index contributed by atoms with van der Waals surface area (Å²) >= 11 is 8.65. The second kappa shape index (κ2) is 6.98. The van der Waals surface area contributed by atoms with E-state index in [1.54, 1.807) is 0 Å². The SMILES string of the molecule is O=C(O)c1c(F)c(F)cc(N(c2cccc(Cl)c2Cl)S(=O)O)c1F. The zero-order valence-corrected chi connectivity index (χ0v) is 13.6. The minimum atomic E-state index is -3.00. The lowest BCUT2D eigenvalue weighted by atomic mass is 10.1. The minimum absolute atomic E-state index is 0.0638. The smallest absolute Gasteiger partial charge is 0.341 e. The number of carboxylic acid groups (broad SMARTS) is 1. The number of carboxylic acids is 1. The largest absolute Gasteiger partial charge is 0.477 e. The van der Waals surface area contributed by atoms with Crippen LogP contribution in [0.3, 0.4) is 0 Å². The zero-order valence-electron chi connectivity index (χ0n) is 11.3. The minimum Gasteiger partial charge on any atom is -0.477 e. The molecule has 0 spiro atoms. The van der Waals surface area contributed by atoms with E-state index >= 15 is 0 Å². The molecule has 0 fully saturated rings. The van der Waals surface area contributed by atoms with Gasteiger partial charge in [-0.3, -0.25) is 4.55 Å². The Morgan fingerprint density at radius 2 is 1.75 bits per heavy atom. The van der Waals surface area contributed by atoms with Gasteiger partial charge in [-0.1, -0.05) is 29.3 Å². The third kappa shape index (κ3) is 3.20. The van der Waals surface area contributed by atoms with Gasteiger partial charge in [-0.25, -0.2) is 26.5 Å². The van der Waals surface area contributed by atoms with Gasteiger partial charge in [0.15, 0.2) is 17.5 Å². The molecule has 0 saturated carbocycles. The van der Waals surface area contributed by atoms with E-state index in [0.717, 1.165) is 6.07 Å². The summed E-state index contributed by atoms with van der Waals surface area (Å²) in [7, 11) is 0. The quantitative estimate of drug-likeness (QED) is 0.590. The molecule has 1 atom stereocenters. The summed E-state index contributed by atoms with van der Waals surface area (Å²) in [5.74, 6) is -7.51. The molecule has 5 nitrogen and oxygen atoms in total. The molecule has 11 heteroatoms. The summed E-state index contributed by atoms with van der Waals surface area (Å²) in [6, 6.07) is 4.03. The van der Waals surface area contributed by atoms with E-state index in [1.807, 2.05) is 0 Å². The Hall–Kier alpha value is -1.81. The van der Waals surface area contributed by atoms with Gasteiger partial charge in [0.05, 0.1) is 21.4 Å². The van der Waals surface area contributed by atoms with Crippen molar-refractivity contribution < 1.29 is 31.8 Å². The Labute approximate surface area is 145 Å². The third-order valence-electron chi connectivity index (χ3n) is 2.88. The van der Waals surface area contributed by atoms with Gasteiger partial charge in [-0.2, -0.15) is 0 Å². The monoisotopic (exact) mass is 399 g/mol. The van der Waals surface area contributed by atoms with Crippen molar-refractivity contribution in [3.8, 4) is 0 Å². The van der Waals surface area contributed by atoms with Crippen LogP contribution in [-0.2, 0) is 11.3 Å². The summed E-state index contributed by atoms with van der Waals surface area (Å²) in [5.41, 5.74) is -2.93. The summed E-state index contributed by atoms with van der Waals surface area (Å²) in [5, 5.41) is 8.50. The van der Waals surface area contributed by atoms with Crippen LogP contribution < -0.4 is 4.31 Å². The molecule has 0 aliphatic heterocycles. The van der Waals surface area contributed by atoms with Gasteiger partial charge in [0.1, 0.15) is 5.56 Å². The van der Waals surface area contributed by atoms with E-state index in [4.69, 9.17) is 28.3 Å². The van der Waals surface area contributed by atoms with E-state index in [0.29, 0.717) is 0 Å². The molecule has 0 saturated heterocycles. The van der Waals surface area contributed by atoms with Gasteiger partial charge in [0.25, 0.3) is 11.3 Å². The van der Waals surface area contributed by atoms with Crippen molar-refractivity contribution >= 4 is 51.8 Å². The van der Waals surface area contributed by atoms with E-state index in [1.165, 1.54) is 12.1 Å². The maximum atomic E-state index is 14.3. The maximum Gasteiger partial charge on any atom is 0.341 e. The standard InChI is InChI=1S/C13H6Cl2F3NO4S/c14-5-2-1-3-7(10(5)15)19(24(22)23)8-4-6(16)11(17)9(12(8)18)13(20)21/h1-4H,(H,20,21)(H,22,23). The zero-order chi connectivity index (χ0) is 18.2. The molecule has 0 aliphatic carbocycles. The second-order valence-corrected chi connectivity index (χ2v) is 5.90. The Kier molecular flexibility index (Phi) is 5.38. The molecule has 2 aromatic carbocycles. The van der Waals surface area contributed by atoms with Crippen LogP contribution in [0.15, 0.2) is 24.3 Å². The molecule has 0 aliphatic rings. The molecule has 0 amide bonds. The van der Waals surface area contributed by atoms with Crippen LogP contribution in [0.5, 0.6) is 0 Å². The van der Waals surface area contributed by atoms with Gasteiger partial charge in [-0.05, 0) is 12.1 Å². The fraction of sp³-hybridized carbons (Fsp3) is 0. The van der Waals surface area contributed by atoms with E-state index < -0.39 is 45.9 Å². The first-order chi connectivity index (χ1) is 11.2. The van der Waals surface area contributed by atoms with Gasteiger partial charge >= 0.3 is 5.97 Å². The first-order valence-corrected chi connectivity index (χ1v) is 7.74. The fourth-order valence-corrected chi connectivity index (χ4v) is 2.93. The number of benzene rings is 2. The topological polar surface area (TPSA) is 77.8 Å². The second-order valence-electron chi connectivity index (χ2n) is 4.28. The Morgan fingerprint density at radius 3 is 2.29 bits per heavy atom. The Balaban J connectivity index is 2.81. The predicted molar refractivity (Wildman–Crippen MR) is 82.6 cm³/mol. The van der Waals surface area contributed by atoms with Crippen LogP contribution >= 0.6 is 23.2 Å². The normalized spacial score (nSPS) is 12.1. The molecule has 0 aromatic heterocycles. The fourth-order valence-electron chi connectivity index (χ4n) is 1.87. The maximum absolute atomic E-state index is 14.3. The molecule has 128 valence electrons. The van der Waals surface area contributed by atoms with E-state index in [9.17, 15) is 26.7 Å². The van der Waals surface area contributed by atoms with Gasteiger partial charge in [0.2, 0.25) is 0 Å². The molecule has 0 bridgehead atoms. The van der Waals surface area contributed by atoms with Crippen LogP contribution in [0.25, 0.3) is 0 Å². The first kappa shape index (κ1) is 18.5. The molecule has 0 heterocycles. The highest BCUT2D eigenvalue weighted by Gasteiger charge is 2.30. The van der Waals surface area contributed by atoms with Crippen LogP contribution in [-0.4, -0.2) is 19.8 Å². The Bertz CT molecular complexity index is 866. The Morgan fingerprint density at radius 1 is 1.12 bits per heavy atom. The summed E-state index contributed by atoms with van der Waals surface area (Å²) < 4.78 is 62.8. The predicted octanol–water partition coefficient (Wildman–Crippen LogP) is 4.38. The van der Waals surface area contributed by atoms with Gasteiger partial charge in [0, 0.05) is 6.07 Å². The number of hydrogen-bond acceptors (Lipinski definition) is 2. The molecule has 24 heavy (non-hydrogen) atoms. The van der Waals surface area contributed by atoms with Crippen LogP contribution in [0.4, 0.5) is 24.5 Å². The lowest BCUT2D eigenvalue weighted by Gasteiger charge is -2.22. The van der Waals surface area contributed by atoms with E-state index in [-0.39, 0.29) is 26.1 Å². The molecule has 1 unspecified atom stereocenters. The number of rotatable bonds is 4. The van der Waals surface area contributed by atoms with E-state index in [2.05, 4.69) is 0 Å². The summed E-state index contributed by atoms with van der Waals surface area (Å²) in [4.78, 5) is 10.9.